The number of benzene rings is 1. The van der Waals surface area contributed by atoms with Crippen LogP contribution in [0.15, 0.2) is 24.3 Å². The predicted molar refractivity (Wildman–Crippen MR) is 155 cm³/mol. The van der Waals surface area contributed by atoms with Gasteiger partial charge in [0.05, 0.1) is 24.4 Å². The predicted octanol–water partition coefficient (Wildman–Crippen LogP) is 8.05. The second kappa shape index (κ2) is 10.4. The number of alkyl halides is 3. The molecule has 0 amide bonds. The van der Waals surface area contributed by atoms with E-state index < -0.39 is 37.7 Å². The molecule has 5 rings (SSSR count). The molecule has 2 atom stereocenters. The van der Waals surface area contributed by atoms with Gasteiger partial charge >= 0.3 is 12.1 Å². The lowest BCUT2D eigenvalue weighted by molar-refractivity contribution is -0.137. The molecule has 230 valence electrons. The van der Waals surface area contributed by atoms with E-state index in [4.69, 9.17) is 23.6 Å². The number of hydrogen-bond acceptors (Lipinski definition) is 6. The molecule has 2 aromatic rings. The number of fused-ring (bicyclic) bond motifs is 4. The summed E-state index contributed by atoms with van der Waals surface area (Å²) in [5.74, 6) is -0.594. The first-order valence-electron chi connectivity index (χ1n) is 14.7. The van der Waals surface area contributed by atoms with E-state index in [9.17, 15) is 18.0 Å². The fourth-order valence-electron chi connectivity index (χ4n) is 6.40. The van der Waals surface area contributed by atoms with Crippen LogP contribution in [0.5, 0.6) is 0 Å². The number of nitrogens with zero attached hydrogens (tertiary/aromatic N) is 1. The van der Waals surface area contributed by atoms with Crippen LogP contribution in [0, 0.1) is 5.41 Å². The molecule has 1 aliphatic carbocycles. The highest BCUT2D eigenvalue weighted by Gasteiger charge is 2.54. The Morgan fingerprint density at radius 2 is 1.67 bits per heavy atom. The Morgan fingerprint density at radius 1 is 1.05 bits per heavy atom. The molecule has 42 heavy (non-hydrogen) atoms. The maximum absolute atomic E-state index is 13.4. The van der Waals surface area contributed by atoms with Crippen molar-refractivity contribution in [2.45, 2.75) is 102 Å². The summed E-state index contributed by atoms with van der Waals surface area (Å²) < 4.78 is 65.3. The van der Waals surface area contributed by atoms with Crippen molar-refractivity contribution >= 4 is 14.3 Å². The first-order chi connectivity index (χ1) is 19.4. The third-order valence-electron chi connectivity index (χ3n) is 9.58. The molecule has 0 N–H and O–H groups in total. The second-order valence-corrected chi connectivity index (χ2v) is 19.0. The molecule has 6 nitrogen and oxygen atoms in total. The number of rotatable bonds is 4. The molecule has 0 radical (unpaired) electrons. The minimum atomic E-state index is -4.46. The molecule has 1 saturated heterocycles. The molecule has 0 saturated carbocycles. The largest absolute Gasteiger partial charge is 0.464 e. The third-order valence-corrected chi connectivity index (χ3v) is 14.1. The van der Waals surface area contributed by atoms with Crippen molar-refractivity contribution in [1.29, 1.82) is 0 Å². The van der Waals surface area contributed by atoms with Gasteiger partial charge in [-0.05, 0) is 54.1 Å². The number of aromatic nitrogens is 1. The van der Waals surface area contributed by atoms with Crippen LogP contribution in [0.2, 0.25) is 18.1 Å². The molecule has 1 aromatic heterocycles. The molecule has 0 bridgehead atoms. The number of hydrogen-bond donors (Lipinski definition) is 0. The topological polar surface area (TPSA) is 66.9 Å². The normalized spacial score (nSPS) is 23.4. The SMILES string of the molecule is COC(=O)c1nc2c(c3c1[C@@H](c1ccc(C(F)(F)F)cc1)OC31CCOCC1)[C@@H](O[Si](C)(C)C(C)(C)C)CC(C)(C)C2. The summed E-state index contributed by atoms with van der Waals surface area (Å²) in [4.78, 5) is 18.3. The Kier molecular flexibility index (Phi) is 7.73. The highest BCUT2D eigenvalue weighted by molar-refractivity contribution is 6.74. The fraction of sp³-hybridized carbons (Fsp3) is 0.625. The lowest BCUT2D eigenvalue weighted by atomic mass is 9.70. The molecule has 3 heterocycles. The zero-order valence-electron chi connectivity index (χ0n) is 25.8. The van der Waals surface area contributed by atoms with Gasteiger partial charge in [0, 0.05) is 48.4 Å². The van der Waals surface area contributed by atoms with Crippen LogP contribution < -0.4 is 0 Å². The number of esters is 1. The zero-order valence-corrected chi connectivity index (χ0v) is 26.8. The van der Waals surface area contributed by atoms with Crippen molar-refractivity contribution in [3.63, 3.8) is 0 Å². The number of ether oxygens (including phenoxy) is 3. The first-order valence-corrected chi connectivity index (χ1v) is 17.6. The van der Waals surface area contributed by atoms with Gasteiger partial charge in [0.25, 0.3) is 0 Å². The smallest absolute Gasteiger partial charge is 0.416 e. The van der Waals surface area contributed by atoms with Crippen LogP contribution in [0.25, 0.3) is 0 Å². The first kappa shape index (κ1) is 31.2. The van der Waals surface area contributed by atoms with Crippen LogP contribution in [0.3, 0.4) is 0 Å². The average molecular weight is 606 g/mol. The van der Waals surface area contributed by atoms with Gasteiger partial charge in [0.1, 0.15) is 6.10 Å². The standard InChI is InChI=1S/C32H42F3NO5Si/c1-29(2,3)42(7,8)41-22-18-30(4,5)17-21-23(22)25-24(26(36-21)28(37)38-6)27(40-31(25)13-15-39-16-14-31)19-9-11-20(12-10-19)32(33,34)35/h9-12,22,27H,13-18H2,1-8H3/t22-,27+/m0/s1. The van der Waals surface area contributed by atoms with Crippen LogP contribution in [0.1, 0.15) is 110 Å². The summed E-state index contributed by atoms with van der Waals surface area (Å²) in [6.07, 6.45) is -3.02. The number of methoxy groups -OCH3 is 1. The quantitative estimate of drug-likeness (QED) is 0.260. The van der Waals surface area contributed by atoms with E-state index in [2.05, 4.69) is 47.7 Å². The third kappa shape index (κ3) is 5.44. The number of carbonyl (C=O) groups excluding carboxylic acids is 1. The van der Waals surface area contributed by atoms with Gasteiger partial charge in [-0.1, -0.05) is 46.8 Å². The molecular weight excluding hydrogens is 563 g/mol. The van der Waals surface area contributed by atoms with Gasteiger partial charge in [-0.25, -0.2) is 9.78 Å². The van der Waals surface area contributed by atoms with E-state index in [1.165, 1.54) is 19.2 Å². The zero-order chi connectivity index (χ0) is 30.9. The van der Waals surface area contributed by atoms with Crippen LogP contribution in [-0.4, -0.2) is 39.6 Å². The molecular formula is C32H42F3NO5Si. The van der Waals surface area contributed by atoms with Crippen molar-refractivity contribution in [3.8, 4) is 0 Å². The minimum Gasteiger partial charge on any atom is -0.464 e. The van der Waals surface area contributed by atoms with Crippen LogP contribution in [-0.2, 0) is 36.8 Å². The van der Waals surface area contributed by atoms with Crippen molar-refractivity contribution in [2.24, 2.45) is 5.41 Å². The van der Waals surface area contributed by atoms with E-state index >= 15 is 0 Å². The van der Waals surface area contributed by atoms with E-state index in [1.807, 2.05) is 0 Å². The van der Waals surface area contributed by atoms with Gasteiger partial charge in [0.15, 0.2) is 14.0 Å². The van der Waals surface area contributed by atoms with Gasteiger partial charge in [0.2, 0.25) is 0 Å². The lowest BCUT2D eigenvalue weighted by Gasteiger charge is -2.46. The number of carbonyl (C=O) groups is 1. The fourth-order valence-corrected chi connectivity index (χ4v) is 7.67. The van der Waals surface area contributed by atoms with E-state index in [0.29, 0.717) is 43.6 Å². The molecule has 1 fully saturated rings. The number of halogens is 3. The molecule has 10 heteroatoms. The lowest BCUT2D eigenvalue weighted by Crippen LogP contribution is -2.45. The average Bonchev–Trinajstić information content (AvgIpc) is 3.20. The molecule has 2 aliphatic heterocycles. The summed E-state index contributed by atoms with van der Waals surface area (Å²) in [6, 6.07) is 4.98. The molecule has 1 aromatic carbocycles. The molecule has 0 unspecified atom stereocenters. The van der Waals surface area contributed by atoms with E-state index in [1.54, 1.807) is 0 Å². The second-order valence-electron chi connectivity index (χ2n) is 14.2. The van der Waals surface area contributed by atoms with E-state index in [-0.39, 0.29) is 22.3 Å². The summed E-state index contributed by atoms with van der Waals surface area (Å²) in [7, 11) is -0.940. The Bertz CT molecular complexity index is 1360. The molecule has 1 spiro atoms. The van der Waals surface area contributed by atoms with Crippen molar-refractivity contribution < 1.29 is 36.6 Å². The van der Waals surface area contributed by atoms with Gasteiger partial charge in [-0.15, -0.1) is 0 Å². The molecule has 3 aliphatic rings. The Balaban J connectivity index is 1.78. The van der Waals surface area contributed by atoms with Crippen LogP contribution in [0.4, 0.5) is 13.2 Å². The monoisotopic (exact) mass is 605 g/mol. The summed E-state index contributed by atoms with van der Waals surface area (Å²) in [5.41, 5.74) is 2.24. The Labute approximate surface area is 247 Å². The highest BCUT2D eigenvalue weighted by atomic mass is 28.4. The minimum absolute atomic E-state index is 0.0348. The maximum Gasteiger partial charge on any atom is 0.416 e. The van der Waals surface area contributed by atoms with Crippen molar-refractivity contribution in [2.75, 3.05) is 20.3 Å². The van der Waals surface area contributed by atoms with Gasteiger partial charge in [-0.2, -0.15) is 13.2 Å². The Morgan fingerprint density at radius 3 is 2.21 bits per heavy atom. The van der Waals surface area contributed by atoms with Crippen LogP contribution >= 0.6 is 0 Å². The maximum atomic E-state index is 13.4. The summed E-state index contributed by atoms with van der Waals surface area (Å²) >= 11 is 0. The Hall–Kier alpha value is -2.27. The van der Waals surface area contributed by atoms with Gasteiger partial charge < -0.3 is 18.6 Å². The number of pyridine rings is 1. The van der Waals surface area contributed by atoms with Crippen molar-refractivity contribution in [3.05, 3.63) is 63.5 Å². The summed E-state index contributed by atoms with van der Waals surface area (Å²) in [6.45, 7) is 16.4. The van der Waals surface area contributed by atoms with Gasteiger partial charge in [-0.3, -0.25) is 0 Å². The van der Waals surface area contributed by atoms with E-state index in [0.717, 1.165) is 35.4 Å². The van der Waals surface area contributed by atoms with Crippen molar-refractivity contribution in [1.82, 2.24) is 4.98 Å². The highest BCUT2D eigenvalue weighted by Crippen LogP contribution is 2.58. The summed E-state index contributed by atoms with van der Waals surface area (Å²) in [5, 5.41) is -0.0348.